The van der Waals surface area contributed by atoms with Crippen molar-refractivity contribution in [3.05, 3.63) is 48.5 Å². The standard InChI is InChI=1S/C19H17NO8/c21-13-14(22)16(18(24)25)28-19(15(13)23)26-10-5-3-4-9(8-10)17-20-11-6-1-2-7-12(11)27-17/h1-8,13-16,19,21-23H,(H,24,25)/t13-,14-,15+,16-,19+/m0/s1. The molecule has 0 bridgehead atoms. The Morgan fingerprint density at radius 2 is 1.79 bits per heavy atom. The van der Waals surface area contributed by atoms with Crippen molar-refractivity contribution in [1.29, 1.82) is 0 Å². The maximum atomic E-state index is 11.2. The zero-order valence-corrected chi connectivity index (χ0v) is 14.4. The lowest BCUT2D eigenvalue weighted by Crippen LogP contribution is -2.61. The summed E-state index contributed by atoms with van der Waals surface area (Å²) in [6, 6.07) is 13.8. The van der Waals surface area contributed by atoms with Crippen molar-refractivity contribution in [2.24, 2.45) is 0 Å². The van der Waals surface area contributed by atoms with E-state index in [1.807, 2.05) is 18.2 Å². The lowest BCUT2D eigenvalue weighted by atomic mass is 9.99. The molecule has 0 unspecified atom stereocenters. The van der Waals surface area contributed by atoms with E-state index in [1.54, 1.807) is 30.3 Å². The summed E-state index contributed by atoms with van der Waals surface area (Å²) in [7, 11) is 0. The van der Waals surface area contributed by atoms with Crippen molar-refractivity contribution >= 4 is 17.1 Å². The topological polar surface area (TPSA) is 142 Å². The van der Waals surface area contributed by atoms with E-state index in [-0.39, 0.29) is 5.75 Å². The highest BCUT2D eigenvalue weighted by molar-refractivity contribution is 5.76. The monoisotopic (exact) mass is 387 g/mol. The van der Waals surface area contributed by atoms with Gasteiger partial charge in [-0.05, 0) is 30.3 Å². The van der Waals surface area contributed by atoms with Crippen molar-refractivity contribution < 1.29 is 39.1 Å². The van der Waals surface area contributed by atoms with Crippen molar-refractivity contribution in [1.82, 2.24) is 4.98 Å². The number of fused-ring (bicyclic) bond motifs is 1. The minimum absolute atomic E-state index is 0.233. The first-order valence-electron chi connectivity index (χ1n) is 8.49. The third-order valence-corrected chi connectivity index (χ3v) is 4.44. The van der Waals surface area contributed by atoms with Crippen LogP contribution in [-0.4, -0.2) is 62.1 Å². The maximum Gasteiger partial charge on any atom is 0.335 e. The molecule has 9 nitrogen and oxygen atoms in total. The average Bonchev–Trinajstić information content (AvgIpc) is 3.13. The molecule has 1 aromatic heterocycles. The minimum Gasteiger partial charge on any atom is -0.479 e. The van der Waals surface area contributed by atoms with Crippen LogP contribution in [0.5, 0.6) is 5.75 Å². The predicted molar refractivity (Wildman–Crippen MR) is 94.4 cm³/mol. The van der Waals surface area contributed by atoms with Gasteiger partial charge in [-0.3, -0.25) is 0 Å². The molecule has 1 fully saturated rings. The summed E-state index contributed by atoms with van der Waals surface area (Å²) in [5, 5.41) is 38.8. The molecule has 2 heterocycles. The average molecular weight is 387 g/mol. The number of carbonyl (C=O) groups is 1. The van der Waals surface area contributed by atoms with Gasteiger partial charge in [-0.1, -0.05) is 18.2 Å². The molecular weight excluding hydrogens is 370 g/mol. The Kier molecular flexibility index (Phi) is 4.73. The first kappa shape index (κ1) is 18.4. The highest BCUT2D eigenvalue weighted by atomic mass is 16.7. The Morgan fingerprint density at radius 3 is 2.54 bits per heavy atom. The molecule has 0 saturated carbocycles. The third kappa shape index (κ3) is 3.32. The number of ether oxygens (including phenoxy) is 2. The molecule has 4 N–H and O–H groups in total. The van der Waals surface area contributed by atoms with E-state index < -0.39 is 36.7 Å². The molecule has 9 heteroatoms. The van der Waals surface area contributed by atoms with Gasteiger partial charge in [0.1, 0.15) is 29.6 Å². The van der Waals surface area contributed by atoms with Crippen LogP contribution in [0.15, 0.2) is 52.9 Å². The van der Waals surface area contributed by atoms with Crippen molar-refractivity contribution in [2.45, 2.75) is 30.7 Å². The van der Waals surface area contributed by atoms with Crippen LogP contribution in [-0.2, 0) is 9.53 Å². The first-order valence-corrected chi connectivity index (χ1v) is 8.49. The zero-order chi connectivity index (χ0) is 19.8. The summed E-state index contributed by atoms with van der Waals surface area (Å²) >= 11 is 0. The van der Waals surface area contributed by atoms with Crippen LogP contribution in [0.1, 0.15) is 0 Å². The number of aliphatic hydroxyl groups is 3. The van der Waals surface area contributed by atoms with E-state index in [9.17, 15) is 20.1 Å². The molecule has 28 heavy (non-hydrogen) atoms. The zero-order valence-electron chi connectivity index (χ0n) is 14.4. The van der Waals surface area contributed by atoms with E-state index in [0.29, 0.717) is 22.6 Å². The smallest absolute Gasteiger partial charge is 0.335 e. The fraction of sp³-hybridized carbons (Fsp3) is 0.263. The van der Waals surface area contributed by atoms with Gasteiger partial charge in [0.15, 0.2) is 11.7 Å². The second kappa shape index (κ2) is 7.21. The Balaban J connectivity index is 1.58. The molecule has 5 atom stereocenters. The van der Waals surface area contributed by atoms with Crippen molar-refractivity contribution in [3.63, 3.8) is 0 Å². The molecule has 4 rings (SSSR count). The Bertz CT molecular complexity index is 969. The van der Waals surface area contributed by atoms with Gasteiger partial charge >= 0.3 is 5.97 Å². The van der Waals surface area contributed by atoms with E-state index in [2.05, 4.69) is 4.98 Å². The van der Waals surface area contributed by atoms with Crippen LogP contribution in [0.25, 0.3) is 22.6 Å². The molecule has 0 radical (unpaired) electrons. The van der Waals surface area contributed by atoms with Crippen LogP contribution < -0.4 is 4.74 Å². The summed E-state index contributed by atoms with van der Waals surface area (Å²) < 4.78 is 16.3. The van der Waals surface area contributed by atoms with Gasteiger partial charge in [-0.2, -0.15) is 0 Å². The molecule has 1 saturated heterocycles. The second-order valence-electron chi connectivity index (χ2n) is 6.37. The maximum absolute atomic E-state index is 11.2. The molecule has 0 amide bonds. The largest absolute Gasteiger partial charge is 0.479 e. The van der Waals surface area contributed by atoms with Gasteiger partial charge in [-0.25, -0.2) is 9.78 Å². The SMILES string of the molecule is O=C(O)[C@H]1O[C@@H](Oc2cccc(-c3nc4ccccc4o3)c2)[C@H](O)[C@@H](O)[C@@H]1O. The second-order valence-corrected chi connectivity index (χ2v) is 6.37. The third-order valence-electron chi connectivity index (χ3n) is 4.44. The number of rotatable bonds is 4. The van der Waals surface area contributed by atoms with Gasteiger partial charge in [0.05, 0.1) is 0 Å². The summed E-state index contributed by atoms with van der Waals surface area (Å²) in [5.74, 6) is -0.889. The van der Waals surface area contributed by atoms with Crippen LogP contribution in [0.3, 0.4) is 0 Å². The quantitative estimate of drug-likeness (QED) is 0.510. The number of carboxylic acids is 1. The summed E-state index contributed by atoms with van der Waals surface area (Å²) in [6.07, 6.45) is -8.38. The Labute approximate surface area is 158 Å². The number of hydrogen-bond donors (Lipinski definition) is 4. The number of hydrogen-bond acceptors (Lipinski definition) is 8. The van der Waals surface area contributed by atoms with Gasteiger partial charge in [0.2, 0.25) is 12.2 Å². The highest BCUT2D eigenvalue weighted by Crippen LogP contribution is 2.29. The van der Waals surface area contributed by atoms with Crippen LogP contribution >= 0.6 is 0 Å². The number of nitrogens with zero attached hydrogens (tertiary/aromatic N) is 1. The molecule has 1 aliphatic heterocycles. The normalized spacial score (nSPS) is 27.6. The van der Waals surface area contributed by atoms with E-state index in [1.165, 1.54) is 0 Å². The van der Waals surface area contributed by atoms with Gasteiger partial charge in [0, 0.05) is 5.56 Å². The van der Waals surface area contributed by atoms with Crippen molar-refractivity contribution in [3.8, 4) is 17.2 Å². The number of para-hydroxylation sites is 2. The molecule has 3 aromatic rings. The van der Waals surface area contributed by atoms with Gasteiger partial charge in [-0.15, -0.1) is 0 Å². The Hall–Kier alpha value is -2.98. The van der Waals surface area contributed by atoms with Gasteiger partial charge < -0.3 is 34.3 Å². The van der Waals surface area contributed by atoms with Crippen LogP contribution in [0.4, 0.5) is 0 Å². The highest BCUT2D eigenvalue weighted by Gasteiger charge is 2.48. The number of carboxylic acid groups (broad SMARTS) is 1. The van der Waals surface area contributed by atoms with Crippen molar-refractivity contribution in [2.75, 3.05) is 0 Å². The van der Waals surface area contributed by atoms with Crippen LogP contribution in [0.2, 0.25) is 0 Å². The molecular formula is C19H17NO8. The fourth-order valence-electron chi connectivity index (χ4n) is 2.98. The number of aromatic nitrogens is 1. The molecule has 146 valence electrons. The van der Waals surface area contributed by atoms with Gasteiger partial charge in [0.25, 0.3) is 0 Å². The molecule has 0 aliphatic carbocycles. The number of oxazole rings is 1. The first-order chi connectivity index (χ1) is 13.4. The predicted octanol–water partition coefficient (Wildman–Crippen LogP) is 0.766. The summed E-state index contributed by atoms with van der Waals surface area (Å²) in [6.45, 7) is 0. The lowest BCUT2D eigenvalue weighted by Gasteiger charge is -2.38. The number of aliphatic carboxylic acids is 1. The van der Waals surface area contributed by atoms with E-state index in [4.69, 9.17) is 19.0 Å². The molecule has 0 spiro atoms. The molecule has 1 aliphatic rings. The molecule has 2 aromatic carbocycles. The number of benzene rings is 2. The fourth-order valence-corrected chi connectivity index (χ4v) is 2.98. The minimum atomic E-state index is -1.78. The summed E-state index contributed by atoms with van der Waals surface area (Å²) in [5.41, 5.74) is 1.90. The van der Waals surface area contributed by atoms with Crippen LogP contribution in [0, 0.1) is 0 Å². The lowest BCUT2D eigenvalue weighted by molar-refractivity contribution is -0.271. The summed E-state index contributed by atoms with van der Waals surface area (Å²) in [4.78, 5) is 15.6. The van der Waals surface area contributed by atoms with E-state index >= 15 is 0 Å². The number of aliphatic hydroxyl groups excluding tert-OH is 3. The Morgan fingerprint density at radius 1 is 1.00 bits per heavy atom. The van der Waals surface area contributed by atoms with E-state index in [0.717, 1.165) is 0 Å².